The predicted octanol–water partition coefficient (Wildman–Crippen LogP) is 4.46. The van der Waals surface area contributed by atoms with Gasteiger partial charge >= 0.3 is 24.8 Å². The molecule has 44 heavy (non-hydrogen) atoms. The maximum atomic E-state index is 13.9. The minimum absolute atomic E-state index is 0. The second kappa shape index (κ2) is 17.3. The predicted molar refractivity (Wildman–Crippen MR) is 177 cm³/mol. The average molecular weight is 630 g/mol. The molecule has 1 fully saturated rings. The van der Waals surface area contributed by atoms with Crippen molar-refractivity contribution in [3.8, 4) is 11.1 Å². The van der Waals surface area contributed by atoms with Crippen molar-refractivity contribution >= 4 is 33.5 Å². The summed E-state index contributed by atoms with van der Waals surface area (Å²) in [6.45, 7) is 1.97. The third-order valence-electron chi connectivity index (χ3n) is 8.57. The molecule has 3 aromatic rings. The van der Waals surface area contributed by atoms with E-state index in [1.165, 1.54) is 31.0 Å². The van der Waals surface area contributed by atoms with E-state index in [4.69, 9.17) is 0 Å². The minimum atomic E-state index is -3.59. The molecule has 0 aliphatic heterocycles. The number of sulfone groups is 1. The topological polar surface area (TPSA) is 101 Å². The summed E-state index contributed by atoms with van der Waals surface area (Å²) in [7, 11) is -3.59. The summed E-state index contributed by atoms with van der Waals surface area (Å²) in [5.74, 6) is -0.351. The number of carbonyl (C=O) groups is 2. The van der Waals surface area contributed by atoms with E-state index in [9.17, 15) is 23.1 Å². The number of thioether (sulfide) groups is 1. The van der Waals surface area contributed by atoms with Crippen LogP contribution >= 0.6 is 11.8 Å². The van der Waals surface area contributed by atoms with E-state index in [1.807, 2.05) is 55.6 Å². The summed E-state index contributed by atoms with van der Waals surface area (Å²) in [6, 6.07) is 20.9. The summed E-state index contributed by atoms with van der Waals surface area (Å²) in [6.07, 6.45) is 10.0. The SMILES string of the molecule is CSCCC(NC(=O)c1ccc(CC(CCC2CCCCC2)S(=O)(=O)c2ccccc2)cc1-c1ccccc1C)C(=O)O.[H-].[Li+]. The van der Waals surface area contributed by atoms with E-state index < -0.39 is 33.0 Å². The normalized spacial score (nSPS) is 15.1. The summed E-state index contributed by atoms with van der Waals surface area (Å²) >= 11 is 1.53. The van der Waals surface area contributed by atoms with Gasteiger partial charge in [-0.05, 0) is 91.0 Å². The standard InChI is InChI=1S/C35H43NO5S2.Li.H/c1-25-11-9-10-16-30(25)32-24-27(18-20-31(32)34(37)36-33(35(38)39)21-22-42-2)23-29(19-17-26-12-5-3-6-13-26)43(40,41)28-14-7-4-8-15-28;;/h4,7-11,14-16,18,20,24,26,29,33H,3,5-6,12-13,17,19,21-23H2,1-2H3,(H,36,37)(H,38,39);;/q;+1;-1. The van der Waals surface area contributed by atoms with Crippen LogP contribution in [-0.2, 0) is 21.1 Å². The van der Waals surface area contributed by atoms with E-state index in [0.29, 0.717) is 47.0 Å². The van der Waals surface area contributed by atoms with Crippen molar-refractivity contribution in [1.82, 2.24) is 5.32 Å². The summed E-state index contributed by atoms with van der Waals surface area (Å²) in [4.78, 5) is 25.7. The van der Waals surface area contributed by atoms with Crippen molar-refractivity contribution < 1.29 is 43.4 Å². The van der Waals surface area contributed by atoms with Crippen molar-refractivity contribution in [2.45, 2.75) is 80.9 Å². The number of nitrogens with one attached hydrogen (secondary N) is 1. The van der Waals surface area contributed by atoms with Crippen LogP contribution in [0.25, 0.3) is 11.1 Å². The maximum Gasteiger partial charge on any atom is 1.00 e. The molecule has 2 atom stereocenters. The molecule has 0 aromatic heterocycles. The van der Waals surface area contributed by atoms with E-state index >= 15 is 0 Å². The molecular weight excluding hydrogens is 585 g/mol. The Kier molecular flexibility index (Phi) is 14.1. The number of benzene rings is 3. The van der Waals surface area contributed by atoms with Gasteiger partial charge in [-0.3, -0.25) is 4.79 Å². The molecule has 0 saturated heterocycles. The number of hydrogen-bond acceptors (Lipinski definition) is 5. The van der Waals surface area contributed by atoms with Gasteiger partial charge in [0.25, 0.3) is 5.91 Å². The average Bonchev–Trinajstić information content (AvgIpc) is 3.02. The molecule has 1 amide bonds. The van der Waals surface area contributed by atoms with Crippen LogP contribution in [0.1, 0.15) is 74.3 Å². The molecular formula is C35H44LiNO5S2. The Hall–Kier alpha value is -2.50. The summed E-state index contributed by atoms with van der Waals surface area (Å²) < 4.78 is 27.9. The zero-order chi connectivity index (χ0) is 30.8. The Morgan fingerprint density at radius 3 is 2.30 bits per heavy atom. The number of rotatable bonds is 14. The first-order valence-corrected chi connectivity index (χ1v) is 18.1. The largest absolute Gasteiger partial charge is 1.00 e. The van der Waals surface area contributed by atoms with Crippen molar-refractivity contribution in [3.63, 3.8) is 0 Å². The van der Waals surface area contributed by atoms with Gasteiger partial charge in [0.2, 0.25) is 0 Å². The zero-order valence-electron chi connectivity index (χ0n) is 27.1. The minimum Gasteiger partial charge on any atom is -1.00 e. The fraction of sp³-hybridized carbons (Fsp3) is 0.429. The fourth-order valence-electron chi connectivity index (χ4n) is 6.07. The van der Waals surface area contributed by atoms with Gasteiger partial charge in [-0.1, -0.05) is 86.7 Å². The van der Waals surface area contributed by atoms with Crippen LogP contribution in [-0.4, -0.2) is 48.7 Å². The Morgan fingerprint density at radius 2 is 1.64 bits per heavy atom. The number of aryl methyl sites for hydroxylation is 1. The van der Waals surface area contributed by atoms with E-state index in [0.717, 1.165) is 36.0 Å². The number of carboxylic acid groups (broad SMARTS) is 1. The van der Waals surface area contributed by atoms with Gasteiger partial charge in [-0.2, -0.15) is 11.8 Å². The quantitative estimate of drug-likeness (QED) is 0.256. The molecule has 0 radical (unpaired) electrons. The molecule has 0 spiro atoms. The molecule has 1 saturated carbocycles. The Labute approximate surface area is 280 Å². The van der Waals surface area contributed by atoms with Crippen LogP contribution in [0, 0.1) is 12.8 Å². The first-order chi connectivity index (χ1) is 20.7. The number of hydrogen-bond donors (Lipinski definition) is 2. The second-order valence-corrected chi connectivity index (χ2v) is 14.8. The Morgan fingerprint density at radius 1 is 0.955 bits per heavy atom. The molecule has 1 aliphatic carbocycles. The van der Waals surface area contributed by atoms with Crippen LogP contribution in [0.3, 0.4) is 0 Å². The van der Waals surface area contributed by atoms with Crippen LogP contribution in [0.2, 0.25) is 0 Å². The first-order valence-electron chi connectivity index (χ1n) is 15.2. The van der Waals surface area contributed by atoms with Gasteiger partial charge in [-0.15, -0.1) is 0 Å². The van der Waals surface area contributed by atoms with Gasteiger partial charge in [0.15, 0.2) is 9.84 Å². The Bertz CT molecular complexity index is 1500. The zero-order valence-corrected chi connectivity index (χ0v) is 27.8. The van der Waals surface area contributed by atoms with Gasteiger partial charge in [0.05, 0.1) is 10.1 Å². The van der Waals surface area contributed by atoms with Crippen molar-refractivity contribution in [2.75, 3.05) is 12.0 Å². The molecule has 0 bridgehead atoms. The smallest absolute Gasteiger partial charge is 1.00 e. The van der Waals surface area contributed by atoms with Crippen LogP contribution in [0.5, 0.6) is 0 Å². The third kappa shape index (κ3) is 9.50. The molecule has 6 nitrogen and oxygen atoms in total. The molecule has 3 aromatic carbocycles. The van der Waals surface area contributed by atoms with Crippen molar-refractivity contribution in [2.24, 2.45) is 5.92 Å². The van der Waals surface area contributed by atoms with Crippen LogP contribution in [0.15, 0.2) is 77.7 Å². The summed E-state index contributed by atoms with van der Waals surface area (Å²) in [5, 5.41) is 11.8. The van der Waals surface area contributed by atoms with Gasteiger partial charge in [0.1, 0.15) is 6.04 Å². The number of carbonyl (C=O) groups excluding carboxylic acids is 1. The second-order valence-electron chi connectivity index (χ2n) is 11.6. The van der Waals surface area contributed by atoms with Crippen molar-refractivity contribution in [3.05, 3.63) is 89.5 Å². The third-order valence-corrected chi connectivity index (χ3v) is 11.4. The molecule has 0 heterocycles. The fourth-order valence-corrected chi connectivity index (χ4v) is 8.32. The van der Waals surface area contributed by atoms with Gasteiger partial charge < -0.3 is 11.8 Å². The molecule has 2 unspecified atom stereocenters. The molecule has 2 N–H and O–H groups in total. The first kappa shape index (κ1) is 36.0. The monoisotopic (exact) mass is 629 g/mol. The van der Waals surface area contributed by atoms with Crippen LogP contribution < -0.4 is 24.2 Å². The number of aliphatic carboxylic acids is 1. The van der Waals surface area contributed by atoms with Gasteiger partial charge in [-0.25, -0.2) is 13.2 Å². The summed E-state index contributed by atoms with van der Waals surface area (Å²) in [5.41, 5.74) is 3.70. The van der Waals surface area contributed by atoms with Crippen LogP contribution in [0.4, 0.5) is 0 Å². The number of carboxylic acids is 1. The molecule has 232 valence electrons. The molecule has 1 aliphatic rings. The van der Waals surface area contributed by atoms with E-state index in [-0.39, 0.29) is 20.3 Å². The maximum absolute atomic E-state index is 13.9. The molecule has 9 heteroatoms. The molecule has 4 rings (SSSR count). The van der Waals surface area contributed by atoms with E-state index in [1.54, 1.807) is 30.3 Å². The van der Waals surface area contributed by atoms with Gasteiger partial charge in [0, 0.05) is 5.56 Å². The van der Waals surface area contributed by atoms with Crippen molar-refractivity contribution in [1.29, 1.82) is 0 Å². The Balaban J connectivity index is 0.00000353. The number of amides is 1. The van der Waals surface area contributed by atoms with E-state index in [2.05, 4.69) is 5.32 Å².